The van der Waals surface area contributed by atoms with Gasteiger partial charge in [-0.15, -0.1) is 0 Å². The molecule has 0 aliphatic carbocycles. The van der Waals surface area contributed by atoms with Gasteiger partial charge in [-0.25, -0.2) is 0 Å². The summed E-state index contributed by atoms with van der Waals surface area (Å²) < 4.78 is 22.4. The molecule has 1 fully saturated rings. The standard InChI is InChI=1S/C23H23NO6/c1-27-16-10-8-15(9-11-16)22-23(21(26)18-6-2-3-7-19(18)30-22)29-14-20(25)24-13-17-5-4-12-28-17/h2-3,6-11,17H,4-5,12-14H2,1H3,(H,24,25)/t17-/m1/s1. The first-order chi connectivity index (χ1) is 14.7. The van der Waals surface area contributed by atoms with E-state index in [2.05, 4.69) is 5.32 Å². The van der Waals surface area contributed by atoms with Crippen LogP contribution in [0, 0.1) is 0 Å². The van der Waals surface area contributed by atoms with Crippen LogP contribution >= 0.6 is 0 Å². The molecule has 1 amide bonds. The Morgan fingerprint density at radius 1 is 1.17 bits per heavy atom. The zero-order chi connectivity index (χ0) is 20.9. The number of ether oxygens (including phenoxy) is 3. The van der Waals surface area contributed by atoms with Crippen LogP contribution < -0.4 is 20.2 Å². The van der Waals surface area contributed by atoms with Crippen molar-refractivity contribution in [2.45, 2.75) is 18.9 Å². The van der Waals surface area contributed by atoms with Gasteiger partial charge in [-0.1, -0.05) is 12.1 Å². The lowest BCUT2D eigenvalue weighted by Gasteiger charge is -2.13. The number of hydrogen-bond donors (Lipinski definition) is 1. The number of rotatable bonds is 7. The second-order valence-electron chi connectivity index (χ2n) is 7.04. The molecule has 156 valence electrons. The van der Waals surface area contributed by atoms with Gasteiger partial charge in [0, 0.05) is 18.7 Å². The molecule has 7 nitrogen and oxygen atoms in total. The fourth-order valence-corrected chi connectivity index (χ4v) is 3.41. The number of carbonyl (C=O) groups excluding carboxylic acids is 1. The summed E-state index contributed by atoms with van der Waals surface area (Å²) in [7, 11) is 1.58. The Morgan fingerprint density at radius 3 is 2.70 bits per heavy atom. The molecule has 3 aromatic rings. The van der Waals surface area contributed by atoms with Crippen molar-refractivity contribution in [2.24, 2.45) is 0 Å². The molecular formula is C23H23NO6. The van der Waals surface area contributed by atoms with E-state index in [0.29, 0.717) is 28.8 Å². The van der Waals surface area contributed by atoms with Crippen LogP contribution in [0.5, 0.6) is 11.5 Å². The first kappa shape index (κ1) is 20.0. The van der Waals surface area contributed by atoms with Gasteiger partial charge in [0.15, 0.2) is 12.4 Å². The minimum atomic E-state index is -0.324. The molecular weight excluding hydrogens is 386 g/mol. The third-order valence-corrected chi connectivity index (χ3v) is 5.01. The summed E-state index contributed by atoms with van der Waals surface area (Å²) in [5, 5.41) is 3.18. The Kier molecular flexibility index (Phi) is 5.99. The number of fused-ring (bicyclic) bond motifs is 1. The van der Waals surface area contributed by atoms with E-state index in [-0.39, 0.29) is 35.6 Å². The Balaban J connectivity index is 1.60. The van der Waals surface area contributed by atoms with Crippen LogP contribution in [0.1, 0.15) is 12.8 Å². The molecule has 30 heavy (non-hydrogen) atoms. The van der Waals surface area contributed by atoms with Gasteiger partial charge in [-0.05, 0) is 49.2 Å². The van der Waals surface area contributed by atoms with Crippen LogP contribution in [0.15, 0.2) is 57.7 Å². The number of nitrogens with one attached hydrogen (secondary N) is 1. The van der Waals surface area contributed by atoms with E-state index in [0.717, 1.165) is 19.4 Å². The van der Waals surface area contributed by atoms with Crippen molar-refractivity contribution >= 4 is 16.9 Å². The smallest absolute Gasteiger partial charge is 0.258 e. The lowest BCUT2D eigenvalue weighted by Crippen LogP contribution is -2.35. The SMILES string of the molecule is COc1ccc(-c2oc3ccccc3c(=O)c2OCC(=O)NC[C@H]2CCCO2)cc1. The molecule has 0 spiro atoms. The number of amides is 1. The van der Waals surface area contributed by atoms with Gasteiger partial charge < -0.3 is 23.9 Å². The summed E-state index contributed by atoms with van der Waals surface area (Å²) >= 11 is 0. The maximum absolute atomic E-state index is 13.1. The van der Waals surface area contributed by atoms with Gasteiger partial charge in [0.05, 0.1) is 18.6 Å². The minimum Gasteiger partial charge on any atom is -0.497 e. The minimum absolute atomic E-state index is 0.00568. The van der Waals surface area contributed by atoms with Crippen LogP contribution in [-0.4, -0.2) is 38.9 Å². The van der Waals surface area contributed by atoms with Crippen molar-refractivity contribution in [2.75, 3.05) is 26.9 Å². The van der Waals surface area contributed by atoms with Crippen LogP contribution in [0.25, 0.3) is 22.3 Å². The lowest BCUT2D eigenvalue weighted by molar-refractivity contribution is -0.123. The quantitative estimate of drug-likeness (QED) is 0.645. The van der Waals surface area contributed by atoms with Crippen LogP contribution in [0.2, 0.25) is 0 Å². The van der Waals surface area contributed by atoms with E-state index < -0.39 is 0 Å². The number of carbonyl (C=O) groups is 1. The molecule has 1 atom stereocenters. The molecule has 0 saturated carbocycles. The summed E-state index contributed by atoms with van der Waals surface area (Å²) in [5.41, 5.74) is 0.770. The van der Waals surface area contributed by atoms with E-state index in [4.69, 9.17) is 18.6 Å². The third-order valence-electron chi connectivity index (χ3n) is 5.01. The molecule has 2 aromatic carbocycles. The highest BCUT2D eigenvalue weighted by Crippen LogP contribution is 2.31. The summed E-state index contributed by atoms with van der Waals surface area (Å²) in [6.45, 7) is 0.860. The van der Waals surface area contributed by atoms with Crippen molar-refractivity contribution < 1.29 is 23.4 Å². The largest absolute Gasteiger partial charge is 0.497 e. The zero-order valence-corrected chi connectivity index (χ0v) is 16.7. The van der Waals surface area contributed by atoms with E-state index in [1.165, 1.54) is 0 Å². The fraction of sp³-hybridized carbons (Fsp3) is 0.304. The van der Waals surface area contributed by atoms with Gasteiger partial charge in [-0.3, -0.25) is 9.59 Å². The predicted molar refractivity (Wildman–Crippen MR) is 112 cm³/mol. The van der Waals surface area contributed by atoms with Crippen molar-refractivity contribution in [1.82, 2.24) is 5.32 Å². The first-order valence-corrected chi connectivity index (χ1v) is 9.87. The maximum atomic E-state index is 13.1. The summed E-state index contributed by atoms with van der Waals surface area (Å²) in [6, 6.07) is 14.0. The summed E-state index contributed by atoms with van der Waals surface area (Å²) in [6.07, 6.45) is 1.96. The highest BCUT2D eigenvalue weighted by atomic mass is 16.5. The zero-order valence-electron chi connectivity index (χ0n) is 16.7. The normalized spacial score (nSPS) is 15.8. The maximum Gasteiger partial charge on any atom is 0.258 e. The van der Waals surface area contributed by atoms with E-state index in [9.17, 15) is 9.59 Å². The molecule has 1 N–H and O–H groups in total. The number of para-hydroxylation sites is 1. The molecule has 1 saturated heterocycles. The summed E-state index contributed by atoms with van der Waals surface area (Å²) in [5.74, 6) is 0.635. The Hall–Kier alpha value is -3.32. The average Bonchev–Trinajstić information content (AvgIpc) is 3.31. The fourth-order valence-electron chi connectivity index (χ4n) is 3.41. The van der Waals surface area contributed by atoms with Gasteiger partial charge in [0.2, 0.25) is 11.2 Å². The van der Waals surface area contributed by atoms with Gasteiger partial charge >= 0.3 is 0 Å². The van der Waals surface area contributed by atoms with Crippen LogP contribution in [0.4, 0.5) is 0 Å². The second-order valence-corrected chi connectivity index (χ2v) is 7.04. The second kappa shape index (κ2) is 9.00. The van der Waals surface area contributed by atoms with Crippen molar-refractivity contribution in [3.63, 3.8) is 0 Å². The average molecular weight is 409 g/mol. The van der Waals surface area contributed by atoms with E-state index in [1.54, 1.807) is 55.6 Å². The van der Waals surface area contributed by atoms with Crippen LogP contribution in [0.3, 0.4) is 0 Å². The molecule has 0 unspecified atom stereocenters. The molecule has 2 heterocycles. The number of methoxy groups -OCH3 is 1. The number of hydrogen-bond acceptors (Lipinski definition) is 6. The molecule has 1 aliphatic rings. The Morgan fingerprint density at radius 2 is 1.97 bits per heavy atom. The molecule has 4 rings (SSSR count). The molecule has 7 heteroatoms. The Labute approximate surface area is 173 Å². The van der Waals surface area contributed by atoms with Crippen molar-refractivity contribution in [1.29, 1.82) is 0 Å². The molecule has 1 aliphatic heterocycles. The Bertz CT molecular complexity index is 1080. The topological polar surface area (TPSA) is 87.0 Å². The number of benzene rings is 2. The van der Waals surface area contributed by atoms with Gasteiger partial charge in [-0.2, -0.15) is 0 Å². The van der Waals surface area contributed by atoms with E-state index in [1.807, 2.05) is 0 Å². The summed E-state index contributed by atoms with van der Waals surface area (Å²) in [4.78, 5) is 25.3. The highest BCUT2D eigenvalue weighted by Gasteiger charge is 2.20. The van der Waals surface area contributed by atoms with Gasteiger partial charge in [0.1, 0.15) is 11.3 Å². The highest BCUT2D eigenvalue weighted by molar-refractivity contribution is 5.83. The van der Waals surface area contributed by atoms with Crippen LogP contribution in [-0.2, 0) is 9.53 Å². The lowest BCUT2D eigenvalue weighted by atomic mass is 10.1. The molecule has 1 aromatic heterocycles. The van der Waals surface area contributed by atoms with Gasteiger partial charge in [0.25, 0.3) is 5.91 Å². The molecule has 0 radical (unpaired) electrons. The monoisotopic (exact) mass is 409 g/mol. The van der Waals surface area contributed by atoms with E-state index >= 15 is 0 Å². The first-order valence-electron chi connectivity index (χ1n) is 9.87. The van der Waals surface area contributed by atoms with Crippen molar-refractivity contribution in [3.8, 4) is 22.8 Å². The van der Waals surface area contributed by atoms with Crippen molar-refractivity contribution in [3.05, 3.63) is 58.8 Å². The third kappa shape index (κ3) is 4.31. The predicted octanol–water partition coefficient (Wildman–Crippen LogP) is 3.14. The molecule has 0 bridgehead atoms.